The van der Waals surface area contributed by atoms with Gasteiger partial charge in [0.2, 0.25) is 0 Å². The van der Waals surface area contributed by atoms with E-state index >= 15 is 0 Å². The van der Waals surface area contributed by atoms with Crippen molar-refractivity contribution < 1.29 is 13.6 Å². The van der Waals surface area contributed by atoms with Crippen molar-refractivity contribution in [2.75, 3.05) is 12.4 Å². The number of amides is 1. The number of carbonyl (C=O) groups is 1. The van der Waals surface area contributed by atoms with E-state index in [1.54, 1.807) is 6.07 Å². The Morgan fingerprint density at radius 3 is 2.56 bits per heavy atom. The molecule has 6 heteroatoms. The fourth-order valence-corrected chi connectivity index (χ4v) is 3.82. The fourth-order valence-electron chi connectivity index (χ4n) is 3.59. The molecule has 1 N–H and O–H groups in total. The van der Waals surface area contributed by atoms with Crippen LogP contribution < -0.4 is 5.32 Å². The molecule has 0 saturated heterocycles. The van der Waals surface area contributed by atoms with Crippen LogP contribution in [0.5, 0.6) is 0 Å². The summed E-state index contributed by atoms with van der Waals surface area (Å²) in [7, 11) is 2.10. The van der Waals surface area contributed by atoms with Gasteiger partial charge in [-0.05, 0) is 43.7 Å². The van der Waals surface area contributed by atoms with Gasteiger partial charge in [-0.3, -0.25) is 9.69 Å². The molecule has 0 radical (unpaired) electrons. The minimum atomic E-state index is -1.10. The molecule has 3 nitrogen and oxygen atoms in total. The van der Waals surface area contributed by atoms with Gasteiger partial charge >= 0.3 is 0 Å². The van der Waals surface area contributed by atoms with Crippen molar-refractivity contribution in [2.45, 2.75) is 44.7 Å². The molecule has 0 spiro atoms. The first-order chi connectivity index (χ1) is 13.0. The maximum atomic E-state index is 13.5. The Morgan fingerprint density at radius 2 is 1.81 bits per heavy atom. The van der Waals surface area contributed by atoms with Gasteiger partial charge in [-0.25, -0.2) is 8.78 Å². The van der Waals surface area contributed by atoms with Crippen molar-refractivity contribution in [1.29, 1.82) is 0 Å². The van der Waals surface area contributed by atoms with E-state index in [-0.39, 0.29) is 10.6 Å². The average molecular weight is 393 g/mol. The molecule has 0 aromatic heterocycles. The number of carbonyl (C=O) groups excluding carboxylic acids is 1. The molecule has 1 aliphatic carbocycles. The third-order valence-corrected chi connectivity index (χ3v) is 5.45. The monoisotopic (exact) mass is 392 g/mol. The normalized spacial score (nSPS) is 15.1. The van der Waals surface area contributed by atoms with Gasteiger partial charge in [-0.2, -0.15) is 0 Å². The van der Waals surface area contributed by atoms with Gasteiger partial charge in [0.1, 0.15) is 0 Å². The number of nitrogens with one attached hydrogen (secondary N) is 1. The molecule has 27 heavy (non-hydrogen) atoms. The van der Waals surface area contributed by atoms with E-state index in [4.69, 9.17) is 11.6 Å². The molecule has 0 unspecified atom stereocenters. The molecular formula is C21H23ClF2N2O. The molecule has 2 aromatic rings. The molecule has 3 rings (SSSR count). The van der Waals surface area contributed by atoms with Crippen molar-refractivity contribution in [2.24, 2.45) is 0 Å². The highest BCUT2D eigenvalue weighted by atomic mass is 35.5. The van der Waals surface area contributed by atoms with Crippen LogP contribution in [0, 0.1) is 11.6 Å². The largest absolute Gasteiger partial charge is 0.322 e. The summed E-state index contributed by atoms with van der Waals surface area (Å²) in [6.07, 6.45) is 6.18. The second-order valence-corrected chi connectivity index (χ2v) is 7.47. The zero-order chi connectivity index (χ0) is 19.4. The lowest BCUT2D eigenvalue weighted by Gasteiger charge is -2.31. The summed E-state index contributed by atoms with van der Waals surface area (Å²) in [5, 5.41) is 2.66. The van der Waals surface area contributed by atoms with Gasteiger partial charge in [-0.15, -0.1) is 0 Å². The van der Waals surface area contributed by atoms with Crippen LogP contribution in [0.1, 0.15) is 48.0 Å². The molecule has 144 valence electrons. The van der Waals surface area contributed by atoms with Crippen LogP contribution in [0.15, 0.2) is 36.4 Å². The Balaban J connectivity index is 1.76. The van der Waals surface area contributed by atoms with E-state index in [1.165, 1.54) is 32.1 Å². The SMILES string of the molecule is CN(Cc1ccccc1NC(=O)c1cc(F)c(F)cc1Cl)C1CCCCC1. The standard InChI is InChI=1S/C21H23ClF2N2O/c1-26(15-8-3-2-4-9-15)13-14-7-5-6-10-20(14)25-21(27)16-11-18(23)19(24)12-17(16)22/h5-7,10-12,15H,2-4,8-9,13H2,1H3,(H,25,27). The topological polar surface area (TPSA) is 32.3 Å². The summed E-state index contributed by atoms with van der Waals surface area (Å²) < 4.78 is 26.7. The van der Waals surface area contributed by atoms with Gasteiger partial charge in [0, 0.05) is 18.3 Å². The van der Waals surface area contributed by atoms with Crippen molar-refractivity contribution in [3.8, 4) is 0 Å². The summed E-state index contributed by atoms with van der Waals surface area (Å²) in [4.78, 5) is 14.9. The summed E-state index contributed by atoms with van der Waals surface area (Å²) in [6, 6.07) is 9.69. The second-order valence-electron chi connectivity index (χ2n) is 7.06. The number of para-hydroxylation sites is 1. The number of benzene rings is 2. The molecule has 0 heterocycles. The molecule has 0 aliphatic heterocycles. The molecule has 0 bridgehead atoms. The number of halogens is 3. The first kappa shape index (κ1) is 19.8. The Hall–Kier alpha value is -1.98. The van der Waals surface area contributed by atoms with Crippen LogP contribution in [-0.4, -0.2) is 23.9 Å². The van der Waals surface area contributed by atoms with Crippen LogP contribution in [0.3, 0.4) is 0 Å². The van der Waals surface area contributed by atoms with E-state index in [0.717, 1.165) is 17.7 Å². The van der Waals surface area contributed by atoms with E-state index in [1.807, 2.05) is 18.2 Å². The van der Waals surface area contributed by atoms with Crippen LogP contribution >= 0.6 is 11.6 Å². The average Bonchev–Trinajstić information content (AvgIpc) is 2.66. The van der Waals surface area contributed by atoms with Crippen molar-refractivity contribution in [1.82, 2.24) is 4.90 Å². The molecule has 1 aliphatic rings. The van der Waals surface area contributed by atoms with Gasteiger partial charge in [-0.1, -0.05) is 49.1 Å². The number of anilines is 1. The number of rotatable bonds is 5. The summed E-state index contributed by atoms with van der Waals surface area (Å²) in [5.41, 5.74) is 1.52. The van der Waals surface area contributed by atoms with E-state index < -0.39 is 17.5 Å². The Labute approximate surface area is 163 Å². The fraction of sp³-hybridized carbons (Fsp3) is 0.381. The Kier molecular flexibility index (Phi) is 6.45. The summed E-state index contributed by atoms with van der Waals surface area (Å²) >= 11 is 5.91. The number of hydrogen-bond donors (Lipinski definition) is 1. The molecule has 1 saturated carbocycles. The van der Waals surface area contributed by atoms with E-state index in [0.29, 0.717) is 18.3 Å². The van der Waals surface area contributed by atoms with E-state index in [9.17, 15) is 13.6 Å². The predicted octanol–water partition coefficient (Wildman–Crippen LogP) is 5.64. The zero-order valence-corrected chi connectivity index (χ0v) is 16.0. The summed E-state index contributed by atoms with van der Waals surface area (Å²) in [6.45, 7) is 0.701. The number of hydrogen-bond acceptors (Lipinski definition) is 2. The van der Waals surface area contributed by atoms with Crippen molar-refractivity contribution in [3.05, 3.63) is 64.2 Å². The van der Waals surface area contributed by atoms with Crippen LogP contribution in [0.25, 0.3) is 0 Å². The minimum Gasteiger partial charge on any atom is -0.322 e. The molecular weight excluding hydrogens is 370 g/mol. The molecule has 2 aromatic carbocycles. The maximum Gasteiger partial charge on any atom is 0.257 e. The highest BCUT2D eigenvalue weighted by molar-refractivity contribution is 6.34. The van der Waals surface area contributed by atoms with Crippen LogP contribution in [0.2, 0.25) is 5.02 Å². The third-order valence-electron chi connectivity index (χ3n) is 5.14. The molecule has 1 fully saturated rings. The first-order valence-electron chi connectivity index (χ1n) is 9.19. The second kappa shape index (κ2) is 8.81. The van der Waals surface area contributed by atoms with E-state index in [2.05, 4.69) is 17.3 Å². The van der Waals surface area contributed by atoms with Crippen molar-refractivity contribution >= 4 is 23.2 Å². The van der Waals surface area contributed by atoms with Gasteiger partial charge in [0.15, 0.2) is 11.6 Å². The van der Waals surface area contributed by atoms with Crippen LogP contribution in [0.4, 0.5) is 14.5 Å². The zero-order valence-electron chi connectivity index (χ0n) is 15.3. The quantitative estimate of drug-likeness (QED) is 0.668. The predicted molar refractivity (Wildman–Crippen MR) is 104 cm³/mol. The van der Waals surface area contributed by atoms with Gasteiger partial charge in [0.25, 0.3) is 5.91 Å². The highest BCUT2D eigenvalue weighted by Crippen LogP contribution is 2.26. The highest BCUT2D eigenvalue weighted by Gasteiger charge is 2.20. The van der Waals surface area contributed by atoms with Crippen LogP contribution in [-0.2, 0) is 6.54 Å². The smallest absolute Gasteiger partial charge is 0.257 e. The van der Waals surface area contributed by atoms with Crippen molar-refractivity contribution in [3.63, 3.8) is 0 Å². The lowest BCUT2D eigenvalue weighted by Crippen LogP contribution is -2.33. The maximum absolute atomic E-state index is 13.5. The Morgan fingerprint density at radius 1 is 1.15 bits per heavy atom. The first-order valence-corrected chi connectivity index (χ1v) is 9.57. The minimum absolute atomic E-state index is 0.0917. The summed E-state index contributed by atoms with van der Waals surface area (Å²) in [5.74, 6) is -2.74. The molecule has 1 amide bonds. The van der Waals surface area contributed by atoms with Gasteiger partial charge < -0.3 is 5.32 Å². The molecule has 0 atom stereocenters. The Bertz CT molecular complexity index is 822. The lowest BCUT2D eigenvalue weighted by molar-refractivity contribution is 0.102. The number of nitrogens with zero attached hydrogens (tertiary/aromatic N) is 1. The third kappa shape index (κ3) is 4.85. The van der Waals surface area contributed by atoms with Gasteiger partial charge in [0.05, 0.1) is 10.6 Å². The lowest BCUT2D eigenvalue weighted by atomic mass is 9.94.